The van der Waals surface area contributed by atoms with Gasteiger partial charge in [0.05, 0.1) is 0 Å². The van der Waals surface area contributed by atoms with Gasteiger partial charge in [-0.2, -0.15) is 5.10 Å². The summed E-state index contributed by atoms with van der Waals surface area (Å²) in [5, 5.41) is 3.92. The first kappa shape index (κ1) is 9.58. The molecule has 1 aliphatic rings. The Kier molecular flexibility index (Phi) is 2.26. The fourth-order valence-electron chi connectivity index (χ4n) is 2.04. The monoisotopic (exact) mass is 198 g/mol. The summed E-state index contributed by atoms with van der Waals surface area (Å²) in [5.74, 6) is 0.696. The van der Waals surface area contributed by atoms with Crippen molar-refractivity contribution in [2.75, 3.05) is 0 Å². The zero-order valence-electron chi connectivity index (χ0n) is 8.28. The first-order chi connectivity index (χ1) is 6.59. The fraction of sp³-hybridized carbons (Fsp3) is 0.778. The fourth-order valence-corrected chi connectivity index (χ4v) is 2.04. The minimum Gasteiger partial charge on any atom is -0.328 e. The number of hydrogen-bond acceptors (Lipinski definition) is 3. The van der Waals surface area contributed by atoms with E-state index in [1.165, 1.54) is 6.33 Å². The van der Waals surface area contributed by atoms with Crippen LogP contribution >= 0.6 is 0 Å². The highest BCUT2D eigenvalue weighted by Gasteiger charge is 2.39. The molecule has 4 nitrogen and oxygen atoms in total. The second-order valence-corrected chi connectivity index (χ2v) is 4.13. The number of nitrogens with zero attached hydrogens (tertiary/aromatic N) is 3. The lowest BCUT2D eigenvalue weighted by Gasteiger charge is -2.18. The maximum absolute atomic E-state index is 14.1. The van der Waals surface area contributed by atoms with Crippen molar-refractivity contribution in [2.24, 2.45) is 12.8 Å². The quantitative estimate of drug-likeness (QED) is 0.756. The summed E-state index contributed by atoms with van der Waals surface area (Å²) in [6, 6.07) is 0.00762. The zero-order chi connectivity index (χ0) is 10.2. The van der Waals surface area contributed by atoms with Gasteiger partial charge in [0, 0.05) is 19.5 Å². The van der Waals surface area contributed by atoms with E-state index in [1.54, 1.807) is 11.7 Å². The largest absolute Gasteiger partial charge is 0.328 e. The van der Waals surface area contributed by atoms with Crippen molar-refractivity contribution in [3.8, 4) is 0 Å². The summed E-state index contributed by atoms with van der Waals surface area (Å²) < 4.78 is 15.8. The summed E-state index contributed by atoms with van der Waals surface area (Å²) in [5.41, 5.74) is 4.53. The molecule has 2 unspecified atom stereocenters. The minimum absolute atomic E-state index is 0.00762. The van der Waals surface area contributed by atoms with Gasteiger partial charge in [0.2, 0.25) is 0 Å². The van der Waals surface area contributed by atoms with Gasteiger partial charge in [-0.05, 0) is 19.3 Å². The first-order valence-corrected chi connectivity index (χ1v) is 4.86. The molecule has 1 fully saturated rings. The molecule has 0 amide bonds. The van der Waals surface area contributed by atoms with E-state index in [2.05, 4.69) is 10.1 Å². The Hall–Kier alpha value is -0.970. The van der Waals surface area contributed by atoms with Crippen molar-refractivity contribution < 1.29 is 4.39 Å². The predicted octanol–water partition coefficient (Wildman–Crippen LogP) is 0.577. The Bertz CT molecular complexity index is 324. The van der Waals surface area contributed by atoms with Crippen molar-refractivity contribution in [3.63, 3.8) is 0 Å². The van der Waals surface area contributed by atoms with Crippen molar-refractivity contribution in [1.29, 1.82) is 0 Å². The second-order valence-electron chi connectivity index (χ2n) is 4.13. The van der Waals surface area contributed by atoms with E-state index >= 15 is 0 Å². The molecule has 0 saturated heterocycles. The predicted molar refractivity (Wildman–Crippen MR) is 50.4 cm³/mol. The van der Waals surface area contributed by atoms with Crippen molar-refractivity contribution in [1.82, 2.24) is 14.8 Å². The number of aromatic nitrogens is 3. The molecular formula is C9H15FN4. The van der Waals surface area contributed by atoms with E-state index in [0.29, 0.717) is 25.1 Å². The Morgan fingerprint density at radius 2 is 2.57 bits per heavy atom. The number of hydrogen-bond donors (Lipinski definition) is 1. The van der Waals surface area contributed by atoms with Crippen LogP contribution in [0.25, 0.3) is 0 Å². The average molecular weight is 198 g/mol. The van der Waals surface area contributed by atoms with E-state index in [9.17, 15) is 4.39 Å². The van der Waals surface area contributed by atoms with Gasteiger partial charge in [-0.3, -0.25) is 4.68 Å². The molecule has 5 heteroatoms. The molecule has 1 saturated carbocycles. The van der Waals surface area contributed by atoms with Crippen molar-refractivity contribution in [3.05, 3.63) is 12.2 Å². The van der Waals surface area contributed by atoms with E-state index in [0.717, 1.165) is 6.42 Å². The number of nitrogens with two attached hydrogens (primary N) is 1. The highest BCUT2D eigenvalue weighted by atomic mass is 19.1. The third-order valence-corrected chi connectivity index (χ3v) is 2.87. The molecule has 0 aliphatic heterocycles. The average Bonchev–Trinajstić information content (AvgIpc) is 2.62. The summed E-state index contributed by atoms with van der Waals surface area (Å²) in [7, 11) is 1.78. The maximum Gasteiger partial charge on any atom is 0.138 e. The van der Waals surface area contributed by atoms with E-state index in [4.69, 9.17) is 5.73 Å². The third kappa shape index (κ3) is 1.77. The van der Waals surface area contributed by atoms with Gasteiger partial charge in [0.1, 0.15) is 17.8 Å². The number of halogens is 1. The highest BCUT2D eigenvalue weighted by molar-refractivity contribution is 5.00. The molecule has 1 aromatic heterocycles. The number of alkyl halides is 1. The first-order valence-electron chi connectivity index (χ1n) is 4.86. The molecular weight excluding hydrogens is 183 g/mol. The molecule has 2 N–H and O–H groups in total. The summed E-state index contributed by atoms with van der Waals surface area (Å²) in [4.78, 5) is 4.02. The van der Waals surface area contributed by atoms with Crippen LogP contribution in [0.4, 0.5) is 4.39 Å². The lowest BCUT2D eigenvalue weighted by Crippen LogP contribution is -2.27. The lowest BCUT2D eigenvalue weighted by atomic mass is 9.99. The van der Waals surface area contributed by atoms with E-state index < -0.39 is 5.67 Å². The summed E-state index contributed by atoms with van der Waals surface area (Å²) in [6.45, 7) is 0. The van der Waals surface area contributed by atoms with Crippen LogP contribution in [0.2, 0.25) is 0 Å². The molecule has 2 atom stereocenters. The molecule has 0 aromatic carbocycles. The third-order valence-electron chi connectivity index (χ3n) is 2.87. The molecule has 0 bridgehead atoms. The Morgan fingerprint density at radius 1 is 1.79 bits per heavy atom. The normalized spacial score (nSPS) is 32.4. The molecule has 0 radical (unpaired) electrons. The summed E-state index contributed by atoms with van der Waals surface area (Å²) in [6.07, 6.45) is 3.54. The van der Waals surface area contributed by atoms with Gasteiger partial charge in [-0.25, -0.2) is 9.37 Å². The SMILES string of the molecule is Cn1ncnc1CC1(F)CCC(N)C1. The van der Waals surface area contributed by atoms with Crippen LogP contribution in [0, 0.1) is 0 Å². The molecule has 1 aliphatic carbocycles. The van der Waals surface area contributed by atoms with Crippen molar-refractivity contribution >= 4 is 0 Å². The number of aryl methyl sites for hydroxylation is 1. The van der Waals surface area contributed by atoms with Gasteiger partial charge in [-0.1, -0.05) is 0 Å². The van der Waals surface area contributed by atoms with Gasteiger partial charge < -0.3 is 5.73 Å². The lowest BCUT2D eigenvalue weighted by molar-refractivity contribution is 0.165. The summed E-state index contributed by atoms with van der Waals surface area (Å²) >= 11 is 0. The van der Waals surface area contributed by atoms with Crippen LogP contribution in [-0.2, 0) is 13.5 Å². The number of rotatable bonds is 2. The van der Waals surface area contributed by atoms with Gasteiger partial charge in [0.25, 0.3) is 0 Å². The van der Waals surface area contributed by atoms with Crippen LogP contribution in [0.1, 0.15) is 25.1 Å². The highest BCUT2D eigenvalue weighted by Crippen LogP contribution is 2.35. The molecule has 14 heavy (non-hydrogen) atoms. The molecule has 0 spiro atoms. The van der Waals surface area contributed by atoms with E-state index in [-0.39, 0.29) is 6.04 Å². The van der Waals surface area contributed by atoms with Crippen LogP contribution in [0.15, 0.2) is 6.33 Å². The minimum atomic E-state index is -1.17. The molecule has 78 valence electrons. The topological polar surface area (TPSA) is 56.7 Å². The molecule has 1 heterocycles. The van der Waals surface area contributed by atoms with Gasteiger partial charge >= 0.3 is 0 Å². The maximum atomic E-state index is 14.1. The smallest absolute Gasteiger partial charge is 0.138 e. The Balaban J connectivity index is 2.07. The standard InChI is InChI=1S/C9H15FN4/c1-14-8(12-6-13-14)5-9(10)3-2-7(11)4-9/h6-7H,2-5,11H2,1H3. The van der Waals surface area contributed by atoms with Crippen LogP contribution in [-0.4, -0.2) is 26.5 Å². The van der Waals surface area contributed by atoms with Crippen LogP contribution in [0.3, 0.4) is 0 Å². The van der Waals surface area contributed by atoms with E-state index in [1.807, 2.05) is 0 Å². The molecule has 2 rings (SSSR count). The Morgan fingerprint density at radius 3 is 3.07 bits per heavy atom. The zero-order valence-corrected chi connectivity index (χ0v) is 8.28. The van der Waals surface area contributed by atoms with Crippen molar-refractivity contribution in [2.45, 2.75) is 37.4 Å². The van der Waals surface area contributed by atoms with Gasteiger partial charge in [0.15, 0.2) is 0 Å². The second kappa shape index (κ2) is 3.31. The van der Waals surface area contributed by atoms with Gasteiger partial charge in [-0.15, -0.1) is 0 Å². The van der Waals surface area contributed by atoms with Crippen LogP contribution in [0.5, 0.6) is 0 Å². The molecule has 1 aromatic rings. The van der Waals surface area contributed by atoms with Crippen LogP contribution < -0.4 is 5.73 Å². The Labute approximate surface area is 82.3 Å².